The quantitative estimate of drug-likeness (QED) is 0.393. The van der Waals surface area contributed by atoms with E-state index < -0.39 is 0 Å². The molecule has 0 atom stereocenters. The fraction of sp³-hybridized carbons (Fsp3) is 0.0435. The van der Waals surface area contributed by atoms with Gasteiger partial charge in [-0.05, 0) is 65.2 Å². The molecule has 3 nitrogen and oxygen atoms in total. The summed E-state index contributed by atoms with van der Waals surface area (Å²) in [5, 5.41) is 1.70. The molecule has 0 saturated carbocycles. The first-order chi connectivity index (χ1) is 13.2. The van der Waals surface area contributed by atoms with Crippen LogP contribution in [0.4, 0.5) is 5.82 Å². The zero-order valence-electron chi connectivity index (χ0n) is 14.8. The fourth-order valence-electron chi connectivity index (χ4n) is 2.94. The van der Waals surface area contributed by atoms with Crippen LogP contribution in [0.3, 0.4) is 0 Å². The maximum atomic E-state index is 6.22. The van der Waals surface area contributed by atoms with E-state index in [0.717, 1.165) is 33.3 Å². The summed E-state index contributed by atoms with van der Waals surface area (Å²) in [6.07, 6.45) is 1.80. The molecule has 4 heteroatoms. The lowest BCUT2D eigenvalue weighted by molar-refractivity contribution is 0.415. The smallest absolute Gasteiger partial charge is 0.153 e. The number of fused-ring (bicyclic) bond motifs is 1. The minimum Gasteiger partial charge on any atom is -0.497 e. The Morgan fingerprint density at radius 3 is 2.44 bits per heavy atom. The molecule has 0 radical (unpaired) electrons. The summed E-state index contributed by atoms with van der Waals surface area (Å²) >= 11 is 6.22. The molecule has 0 fully saturated rings. The lowest BCUT2D eigenvalue weighted by Gasteiger charge is -2.08. The average molecular weight is 373 g/mol. The van der Waals surface area contributed by atoms with E-state index in [1.54, 1.807) is 13.3 Å². The third-order valence-electron chi connectivity index (χ3n) is 4.30. The van der Waals surface area contributed by atoms with Crippen LogP contribution in [0, 0.1) is 0 Å². The maximum absolute atomic E-state index is 6.22. The summed E-state index contributed by atoms with van der Waals surface area (Å²) in [7, 11) is 1.65. The molecule has 0 aliphatic carbocycles. The van der Waals surface area contributed by atoms with E-state index in [9.17, 15) is 0 Å². The van der Waals surface area contributed by atoms with Crippen LogP contribution in [0.1, 0.15) is 5.56 Å². The van der Waals surface area contributed by atoms with Crippen LogP contribution in [0.25, 0.3) is 22.0 Å². The molecule has 0 unspecified atom stereocenters. The third-order valence-corrected chi connectivity index (χ3v) is 4.54. The Kier molecular flexibility index (Phi) is 4.86. The van der Waals surface area contributed by atoms with Crippen molar-refractivity contribution in [3.05, 3.63) is 89.4 Å². The van der Waals surface area contributed by atoms with Gasteiger partial charge in [-0.25, -0.2) is 9.98 Å². The van der Waals surface area contributed by atoms with E-state index in [1.165, 1.54) is 0 Å². The zero-order chi connectivity index (χ0) is 18.6. The highest BCUT2D eigenvalue weighted by molar-refractivity contribution is 6.31. The van der Waals surface area contributed by atoms with Crippen molar-refractivity contribution in [3.63, 3.8) is 0 Å². The lowest BCUT2D eigenvalue weighted by Crippen LogP contribution is -1.87. The first-order valence-electron chi connectivity index (χ1n) is 8.57. The summed E-state index contributed by atoms with van der Waals surface area (Å²) in [5.74, 6) is 1.47. The van der Waals surface area contributed by atoms with E-state index in [2.05, 4.69) is 22.1 Å². The number of aliphatic imine (C=N–C) groups is 1. The number of rotatable bonds is 4. The van der Waals surface area contributed by atoms with Crippen molar-refractivity contribution in [1.82, 2.24) is 4.98 Å². The number of hydrogen-bond donors (Lipinski definition) is 0. The number of nitrogens with zero attached hydrogens (tertiary/aromatic N) is 2. The van der Waals surface area contributed by atoms with E-state index in [-0.39, 0.29) is 0 Å². The van der Waals surface area contributed by atoms with Gasteiger partial charge in [0.25, 0.3) is 0 Å². The van der Waals surface area contributed by atoms with Crippen LogP contribution in [-0.4, -0.2) is 18.3 Å². The number of aromatic nitrogens is 1. The van der Waals surface area contributed by atoms with Crippen molar-refractivity contribution in [1.29, 1.82) is 0 Å². The monoisotopic (exact) mass is 372 g/mol. The van der Waals surface area contributed by atoms with Gasteiger partial charge in [-0.1, -0.05) is 41.9 Å². The van der Waals surface area contributed by atoms with E-state index in [0.29, 0.717) is 10.8 Å². The van der Waals surface area contributed by atoms with E-state index in [4.69, 9.17) is 16.3 Å². The van der Waals surface area contributed by atoms with Crippen LogP contribution < -0.4 is 4.74 Å². The van der Waals surface area contributed by atoms with Crippen molar-refractivity contribution in [2.45, 2.75) is 0 Å². The molecule has 0 bridgehead atoms. The molecular weight excluding hydrogens is 356 g/mol. The summed E-state index contributed by atoms with van der Waals surface area (Å²) in [4.78, 5) is 9.25. The Morgan fingerprint density at radius 1 is 0.926 bits per heavy atom. The highest BCUT2D eigenvalue weighted by Gasteiger charge is 2.08. The van der Waals surface area contributed by atoms with Crippen molar-refractivity contribution in [2.75, 3.05) is 7.11 Å². The highest BCUT2D eigenvalue weighted by atomic mass is 35.5. The number of methoxy groups -OCH3 is 1. The van der Waals surface area contributed by atoms with Crippen molar-refractivity contribution >= 4 is 34.5 Å². The topological polar surface area (TPSA) is 34.5 Å². The SMILES string of the molecule is COc1ccc(C=Nc2cc(-c3ccccc3)c3cc(Cl)ccc3n2)cc1. The van der Waals surface area contributed by atoms with Gasteiger partial charge >= 0.3 is 0 Å². The Hall–Kier alpha value is -3.17. The maximum Gasteiger partial charge on any atom is 0.153 e. The minimum absolute atomic E-state index is 0.652. The Balaban J connectivity index is 1.79. The molecule has 3 aromatic carbocycles. The van der Waals surface area contributed by atoms with Crippen LogP contribution in [0.15, 0.2) is 83.9 Å². The normalized spacial score (nSPS) is 11.2. The van der Waals surface area contributed by atoms with E-state index >= 15 is 0 Å². The second kappa shape index (κ2) is 7.60. The predicted molar refractivity (Wildman–Crippen MR) is 112 cm³/mol. The van der Waals surface area contributed by atoms with Gasteiger partial charge in [-0.3, -0.25) is 0 Å². The first kappa shape index (κ1) is 17.3. The third kappa shape index (κ3) is 3.83. The Morgan fingerprint density at radius 2 is 1.70 bits per heavy atom. The molecular formula is C23H17ClN2O. The van der Waals surface area contributed by atoms with Crippen molar-refractivity contribution in [3.8, 4) is 16.9 Å². The molecule has 4 aromatic rings. The molecule has 0 amide bonds. The van der Waals surface area contributed by atoms with E-state index in [1.807, 2.05) is 66.7 Å². The van der Waals surface area contributed by atoms with Gasteiger partial charge < -0.3 is 4.74 Å². The summed E-state index contributed by atoms with van der Waals surface area (Å²) in [5.41, 5.74) is 4.01. The van der Waals surface area contributed by atoms with Gasteiger partial charge in [0.1, 0.15) is 5.75 Å². The molecule has 4 rings (SSSR count). The summed E-state index contributed by atoms with van der Waals surface area (Å²) in [6.45, 7) is 0. The highest BCUT2D eigenvalue weighted by Crippen LogP contribution is 2.32. The number of pyridine rings is 1. The van der Waals surface area contributed by atoms with Gasteiger partial charge in [0.2, 0.25) is 0 Å². The van der Waals surface area contributed by atoms with Crippen LogP contribution in [-0.2, 0) is 0 Å². The second-order valence-corrected chi connectivity index (χ2v) is 6.52. The molecule has 27 heavy (non-hydrogen) atoms. The molecule has 1 heterocycles. The molecule has 0 saturated heterocycles. The van der Waals surface area contributed by atoms with Crippen molar-refractivity contribution < 1.29 is 4.74 Å². The molecule has 1 aromatic heterocycles. The van der Waals surface area contributed by atoms with Crippen LogP contribution in [0.5, 0.6) is 5.75 Å². The summed E-state index contributed by atoms with van der Waals surface area (Å²) < 4.78 is 5.19. The largest absolute Gasteiger partial charge is 0.497 e. The van der Waals surface area contributed by atoms with Gasteiger partial charge in [0.05, 0.1) is 12.6 Å². The minimum atomic E-state index is 0.652. The second-order valence-electron chi connectivity index (χ2n) is 6.09. The number of benzene rings is 3. The van der Waals surface area contributed by atoms with Gasteiger partial charge in [0.15, 0.2) is 5.82 Å². The molecule has 0 aliphatic heterocycles. The lowest BCUT2D eigenvalue weighted by atomic mass is 10.0. The fourth-order valence-corrected chi connectivity index (χ4v) is 3.11. The van der Waals surface area contributed by atoms with Gasteiger partial charge in [-0.2, -0.15) is 0 Å². The first-order valence-corrected chi connectivity index (χ1v) is 8.94. The summed E-state index contributed by atoms with van der Waals surface area (Å²) in [6, 6.07) is 25.7. The van der Waals surface area contributed by atoms with Gasteiger partial charge in [-0.15, -0.1) is 0 Å². The van der Waals surface area contributed by atoms with Crippen LogP contribution in [0.2, 0.25) is 5.02 Å². The zero-order valence-corrected chi connectivity index (χ0v) is 15.5. The molecule has 0 spiro atoms. The molecule has 0 N–H and O–H groups in total. The number of ether oxygens (including phenoxy) is 1. The molecule has 0 aliphatic rings. The Bertz CT molecular complexity index is 1110. The standard InChI is InChI=1S/C23H17ClN2O/c1-27-19-10-7-16(8-11-19)15-25-23-14-20(17-5-3-2-4-6-17)21-13-18(24)9-12-22(21)26-23/h2-15H,1H3. The van der Waals surface area contributed by atoms with Crippen molar-refractivity contribution in [2.24, 2.45) is 4.99 Å². The number of halogens is 1. The van der Waals surface area contributed by atoms with Gasteiger partial charge in [0, 0.05) is 16.6 Å². The Labute approximate surface area is 162 Å². The molecule has 132 valence electrons. The predicted octanol–water partition coefficient (Wildman–Crippen LogP) is 6.31. The number of hydrogen-bond acceptors (Lipinski definition) is 3. The van der Waals surface area contributed by atoms with Crippen LogP contribution >= 0.6 is 11.6 Å². The average Bonchev–Trinajstić information content (AvgIpc) is 2.73.